The molecular formula is C18H26N2O2. The molecule has 1 fully saturated rings. The predicted molar refractivity (Wildman–Crippen MR) is 89.6 cm³/mol. The van der Waals surface area contributed by atoms with Gasteiger partial charge in [0.1, 0.15) is 0 Å². The van der Waals surface area contributed by atoms with Crippen molar-refractivity contribution in [1.82, 2.24) is 0 Å². The molecule has 4 nitrogen and oxygen atoms in total. The van der Waals surface area contributed by atoms with Crippen LogP contribution < -0.4 is 9.80 Å². The molecule has 120 valence electrons. The molecule has 0 N–H and O–H groups in total. The standard InChI is InChI=1S/C18H26N2O2/c1-4-17-13(2)11-15-12-16(19-7-9-22-10-8-19)5-6-18(15)20(17)14(3)21/h5-6,12-13,17H,4,7-11H2,1-3H3/t13-,17+/m1/s1. The highest BCUT2D eigenvalue weighted by molar-refractivity contribution is 5.94. The normalized spacial score (nSPS) is 25.0. The second kappa shape index (κ2) is 6.29. The van der Waals surface area contributed by atoms with Crippen LogP contribution in [0, 0.1) is 5.92 Å². The molecule has 1 saturated heterocycles. The smallest absolute Gasteiger partial charge is 0.224 e. The van der Waals surface area contributed by atoms with E-state index in [1.165, 1.54) is 11.3 Å². The van der Waals surface area contributed by atoms with E-state index in [1.54, 1.807) is 6.92 Å². The lowest BCUT2D eigenvalue weighted by Crippen LogP contribution is -2.46. The van der Waals surface area contributed by atoms with Crippen LogP contribution in [-0.2, 0) is 16.0 Å². The van der Waals surface area contributed by atoms with Gasteiger partial charge in [0.15, 0.2) is 0 Å². The average molecular weight is 302 g/mol. The largest absolute Gasteiger partial charge is 0.378 e. The number of amides is 1. The zero-order valence-electron chi connectivity index (χ0n) is 13.8. The summed E-state index contributed by atoms with van der Waals surface area (Å²) in [6.07, 6.45) is 2.06. The Labute approximate surface area is 133 Å². The summed E-state index contributed by atoms with van der Waals surface area (Å²) in [5.74, 6) is 0.653. The van der Waals surface area contributed by atoms with E-state index in [1.807, 2.05) is 4.90 Å². The van der Waals surface area contributed by atoms with Crippen molar-refractivity contribution in [1.29, 1.82) is 0 Å². The lowest BCUT2D eigenvalue weighted by atomic mass is 9.85. The van der Waals surface area contributed by atoms with Gasteiger partial charge in [-0.1, -0.05) is 13.8 Å². The highest BCUT2D eigenvalue weighted by Crippen LogP contribution is 2.37. The van der Waals surface area contributed by atoms with Crippen molar-refractivity contribution in [3.8, 4) is 0 Å². The zero-order chi connectivity index (χ0) is 15.7. The third-order valence-electron chi connectivity index (χ3n) is 4.99. The van der Waals surface area contributed by atoms with Crippen molar-refractivity contribution >= 4 is 17.3 Å². The van der Waals surface area contributed by atoms with E-state index in [9.17, 15) is 4.79 Å². The Kier molecular flexibility index (Phi) is 4.39. The van der Waals surface area contributed by atoms with Crippen LogP contribution in [0.4, 0.5) is 11.4 Å². The Morgan fingerprint density at radius 2 is 2.05 bits per heavy atom. The van der Waals surface area contributed by atoms with Gasteiger partial charge in [-0.15, -0.1) is 0 Å². The van der Waals surface area contributed by atoms with E-state index in [2.05, 4.69) is 36.9 Å². The topological polar surface area (TPSA) is 32.8 Å². The Balaban J connectivity index is 1.94. The molecule has 0 bridgehead atoms. The number of hydrogen-bond donors (Lipinski definition) is 0. The first kappa shape index (κ1) is 15.3. The Morgan fingerprint density at radius 1 is 1.32 bits per heavy atom. The third-order valence-corrected chi connectivity index (χ3v) is 4.99. The van der Waals surface area contributed by atoms with Crippen LogP contribution in [0.2, 0.25) is 0 Å². The maximum Gasteiger partial charge on any atom is 0.224 e. The molecule has 0 saturated carbocycles. The molecule has 3 rings (SSSR count). The van der Waals surface area contributed by atoms with Crippen molar-refractivity contribution in [2.45, 2.75) is 39.7 Å². The summed E-state index contributed by atoms with van der Waals surface area (Å²) in [7, 11) is 0. The van der Waals surface area contributed by atoms with E-state index in [-0.39, 0.29) is 5.91 Å². The molecule has 2 atom stereocenters. The summed E-state index contributed by atoms with van der Waals surface area (Å²) >= 11 is 0. The van der Waals surface area contributed by atoms with Crippen molar-refractivity contribution in [2.24, 2.45) is 5.92 Å². The summed E-state index contributed by atoms with van der Waals surface area (Å²) in [4.78, 5) is 16.5. The SMILES string of the molecule is CC[C@H]1[C@H](C)Cc2cc(N3CCOCC3)ccc2N1C(C)=O. The number of ether oxygens (including phenoxy) is 1. The maximum atomic E-state index is 12.2. The van der Waals surface area contributed by atoms with Gasteiger partial charge in [0.25, 0.3) is 0 Å². The van der Waals surface area contributed by atoms with Crippen molar-refractivity contribution in [2.75, 3.05) is 36.1 Å². The van der Waals surface area contributed by atoms with Crippen LogP contribution >= 0.6 is 0 Å². The number of anilines is 2. The fraction of sp³-hybridized carbons (Fsp3) is 0.611. The van der Waals surface area contributed by atoms with Gasteiger partial charge in [-0.3, -0.25) is 4.79 Å². The molecule has 22 heavy (non-hydrogen) atoms. The van der Waals surface area contributed by atoms with Crippen LogP contribution in [0.15, 0.2) is 18.2 Å². The van der Waals surface area contributed by atoms with Gasteiger partial charge in [0, 0.05) is 37.4 Å². The van der Waals surface area contributed by atoms with Crippen LogP contribution in [0.25, 0.3) is 0 Å². The summed E-state index contributed by atoms with van der Waals surface area (Å²) < 4.78 is 5.43. The van der Waals surface area contributed by atoms with Gasteiger partial charge in [0.2, 0.25) is 5.91 Å². The summed E-state index contributed by atoms with van der Waals surface area (Å²) in [6, 6.07) is 6.89. The number of fused-ring (bicyclic) bond motifs is 1. The van der Waals surface area contributed by atoms with Gasteiger partial charge in [-0.25, -0.2) is 0 Å². The van der Waals surface area contributed by atoms with Crippen LogP contribution in [0.5, 0.6) is 0 Å². The monoisotopic (exact) mass is 302 g/mol. The molecule has 0 aromatic heterocycles. The Bertz CT molecular complexity index is 552. The van der Waals surface area contributed by atoms with Gasteiger partial charge in [-0.05, 0) is 42.5 Å². The molecule has 2 aliphatic heterocycles. The number of rotatable bonds is 2. The maximum absolute atomic E-state index is 12.2. The van der Waals surface area contributed by atoms with E-state index in [0.29, 0.717) is 12.0 Å². The number of carbonyl (C=O) groups is 1. The number of morpholine rings is 1. The molecule has 2 heterocycles. The fourth-order valence-electron chi connectivity index (χ4n) is 3.89. The summed E-state index contributed by atoms with van der Waals surface area (Å²) in [5.41, 5.74) is 3.67. The first-order chi connectivity index (χ1) is 10.6. The second-order valence-corrected chi connectivity index (χ2v) is 6.46. The minimum Gasteiger partial charge on any atom is -0.378 e. The Morgan fingerprint density at radius 3 is 2.68 bits per heavy atom. The molecule has 0 spiro atoms. The summed E-state index contributed by atoms with van der Waals surface area (Å²) in [6.45, 7) is 9.60. The molecule has 1 aromatic rings. The lowest BCUT2D eigenvalue weighted by molar-refractivity contribution is -0.117. The van der Waals surface area contributed by atoms with Gasteiger partial charge >= 0.3 is 0 Å². The zero-order valence-corrected chi connectivity index (χ0v) is 13.8. The molecule has 0 unspecified atom stereocenters. The predicted octanol–water partition coefficient (Wildman–Crippen LogP) is 2.85. The van der Waals surface area contributed by atoms with E-state index < -0.39 is 0 Å². The first-order valence-electron chi connectivity index (χ1n) is 8.37. The Hall–Kier alpha value is -1.55. The first-order valence-corrected chi connectivity index (χ1v) is 8.37. The minimum absolute atomic E-state index is 0.152. The average Bonchev–Trinajstić information content (AvgIpc) is 2.53. The molecule has 0 radical (unpaired) electrons. The quantitative estimate of drug-likeness (QED) is 0.842. The van der Waals surface area contributed by atoms with Gasteiger partial charge < -0.3 is 14.5 Å². The number of nitrogens with zero attached hydrogens (tertiary/aromatic N) is 2. The lowest BCUT2D eigenvalue weighted by Gasteiger charge is -2.41. The molecular weight excluding hydrogens is 276 g/mol. The van der Waals surface area contributed by atoms with E-state index >= 15 is 0 Å². The number of carbonyl (C=O) groups excluding carboxylic acids is 1. The van der Waals surface area contributed by atoms with E-state index in [4.69, 9.17) is 4.74 Å². The molecule has 4 heteroatoms. The van der Waals surface area contributed by atoms with Crippen molar-refractivity contribution in [3.63, 3.8) is 0 Å². The molecule has 1 amide bonds. The van der Waals surface area contributed by atoms with E-state index in [0.717, 1.165) is 44.8 Å². The van der Waals surface area contributed by atoms with Crippen molar-refractivity contribution in [3.05, 3.63) is 23.8 Å². The van der Waals surface area contributed by atoms with Crippen molar-refractivity contribution < 1.29 is 9.53 Å². The molecule has 2 aliphatic rings. The molecule has 1 aromatic carbocycles. The highest BCUT2D eigenvalue weighted by atomic mass is 16.5. The third kappa shape index (κ3) is 2.72. The second-order valence-electron chi connectivity index (χ2n) is 6.46. The minimum atomic E-state index is 0.152. The summed E-state index contributed by atoms with van der Waals surface area (Å²) in [5, 5.41) is 0. The number of hydrogen-bond acceptors (Lipinski definition) is 3. The fourth-order valence-corrected chi connectivity index (χ4v) is 3.89. The van der Waals surface area contributed by atoms with Crippen LogP contribution in [0.3, 0.4) is 0 Å². The van der Waals surface area contributed by atoms with Crippen LogP contribution in [-0.4, -0.2) is 38.3 Å². The molecule has 0 aliphatic carbocycles. The van der Waals surface area contributed by atoms with Gasteiger partial charge in [-0.2, -0.15) is 0 Å². The number of benzene rings is 1. The van der Waals surface area contributed by atoms with Crippen LogP contribution in [0.1, 0.15) is 32.8 Å². The highest BCUT2D eigenvalue weighted by Gasteiger charge is 2.33. The van der Waals surface area contributed by atoms with Gasteiger partial charge in [0.05, 0.1) is 13.2 Å².